The molecule has 4 saturated carbocycles. The highest BCUT2D eigenvalue weighted by Crippen LogP contribution is 2.71. The minimum atomic E-state index is -1.47. The van der Waals surface area contributed by atoms with Crippen LogP contribution in [0.3, 0.4) is 0 Å². The fourth-order valence-electron chi connectivity index (χ4n) is 11.8. The van der Waals surface area contributed by atoms with Crippen LogP contribution in [-0.4, -0.2) is 93.6 Å². The second kappa shape index (κ2) is 10.6. The lowest BCUT2D eigenvalue weighted by molar-refractivity contribution is -0.320. The number of rotatable bonds is 3. The molecular formula is C33H54O9. The SMILES string of the molecule is C[C@H]1CC[C@@]2(OC1)O[C@H]1C[C@H]3[C@@H]4CCC5C[C@@H](O[C@@H]6O[C@H](CO)[C@@H](O)[C@H](O)[C@H]6O)C[C@@H](O)[C@]5(C)[C@H]4CC[C@]3(C)[C@H]1[C@@H]2C. The van der Waals surface area contributed by atoms with Gasteiger partial charge in [0, 0.05) is 18.8 Å². The van der Waals surface area contributed by atoms with Gasteiger partial charge in [0.1, 0.15) is 24.4 Å². The molecule has 3 saturated heterocycles. The van der Waals surface area contributed by atoms with Gasteiger partial charge in [-0.25, -0.2) is 0 Å². The summed E-state index contributed by atoms with van der Waals surface area (Å²) >= 11 is 0. The first-order chi connectivity index (χ1) is 19.9. The third kappa shape index (κ3) is 4.28. The molecule has 0 bridgehead atoms. The Labute approximate surface area is 250 Å². The molecule has 7 rings (SSSR count). The first-order valence-electron chi connectivity index (χ1n) is 16.9. The summed E-state index contributed by atoms with van der Waals surface area (Å²) in [5, 5.41) is 52.3. The summed E-state index contributed by atoms with van der Waals surface area (Å²) < 4.78 is 25.2. The Balaban J connectivity index is 1.05. The van der Waals surface area contributed by atoms with Gasteiger partial charge < -0.3 is 44.5 Å². The van der Waals surface area contributed by atoms with Gasteiger partial charge >= 0.3 is 0 Å². The fourth-order valence-corrected chi connectivity index (χ4v) is 11.8. The molecule has 3 aliphatic heterocycles. The van der Waals surface area contributed by atoms with Gasteiger partial charge in [-0.15, -0.1) is 0 Å². The molecule has 3 heterocycles. The van der Waals surface area contributed by atoms with Crippen LogP contribution in [0.4, 0.5) is 0 Å². The Morgan fingerprint density at radius 1 is 0.857 bits per heavy atom. The van der Waals surface area contributed by atoms with Crippen molar-refractivity contribution in [2.45, 2.75) is 140 Å². The minimum absolute atomic E-state index is 0.201. The van der Waals surface area contributed by atoms with E-state index in [1.807, 2.05) is 0 Å². The molecule has 42 heavy (non-hydrogen) atoms. The Morgan fingerprint density at radius 2 is 1.64 bits per heavy atom. The molecule has 7 aliphatic rings. The Bertz CT molecular complexity index is 1000. The van der Waals surface area contributed by atoms with Crippen molar-refractivity contribution in [1.29, 1.82) is 0 Å². The lowest BCUT2D eigenvalue weighted by Crippen LogP contribution is -2.62. The second-order valence-electron chi connectivity index (χ2n) is 16.0. The van der Waals surface area contributed by atoms with Gasteiger partial charge in [-0.05, 0) is 91.3 Å². The smallest absolute Gasteiger partial charge is 0.186 e. The molecule has 7 fully saturated rings. The van der Waals surface area contributed by atoms with Gasteiger partial charge in [-0.3, -0.25) is 0 Å². The van der Waals surface area contributed by atoms with E-state index in [0.717, 1.165) is 45.1 Å². The summed E-state index contributed by atoms with van der Waals surface area (Å²) in [6.07, 6.45) is 1.89. The van der Waals surface area contributed by atoms with Gasteiger partial charge in [-0.2, -0.15) is 0 Å². The first-order valence-corrected chi connectivity index (χ1v) is 16.9. The van der Waals surface area contributed by atoms with Crippen LogP contribution >= 0.6 is 0 Å². The zero-order valence-electron chi connectivity index (χ0n) is 25.8. The lowest BCUT2D eigenvalue weighted by Gasteiger charge is -2.62. The molecule has 1 spiro atoms. The number of ether oxygens (including phenoxy) is 4. The second-order valence-corrected chi connectivity index (χ2v) is 16.0. The van der Waals surface area contributed by atoms with E-state index in [9.17, 15) is 25.5 Å². The van der Waals surface area contributed by atoms with E-state index in [4.69, 9.17) is 18.9 Å². The number of aliphatic hydroxyl groups is 5. The summed E-state index contributed by atoms with van der Waals surface area (Å²) in [5.41, 5.74) is 0.0340. The van der Waals surface area contributed by atoms with Gasteiger partial charge in [0.15, 0.2) is 12.1 Å². The third-order valence-corrected chi connectivity index (χ3v) is 14.2. The quantitative estimate of drug-likeness (QED) is 0.312. The van der Waals surface area contributed by atoms with E-state index in [0.29, 0.717) is 47.8 Å². The molecule has 5 N–H and O–H groups in total. The van der Waals surface area contributed by atoms with E-state index in [-0.39, 0.29) is 23.0 Å². The van der Waals surface area contributed by atoms with Crippen LogP contribution < -0.4 is 0 Å². The Hall–Kier alpha value is -0.360. The predicted octanol–water partition coefficient (Wildman–Crippen LogP) is 2.59. The van der Waals surface area contributed by atoms with E-state index >= 15 is 0 Å². The zero-order valence-corrected chi connectivity index (χ0v) is 25.8. The van der Waals surface area contributed by atoms with Crippen molar-refractivity contribution < 1.29 is 44.5 Å². The minimum Gasteiger partial charge on any atom is -0.394 e. The molecule has 240 valence electrons. The van der Waals surface area contributed by atoms with Crippen LogP contribution in [0.25, 0.3) is 0 Å². The van der Waals surface area contributed by atoms with Crippen molar-refractivity contribution in [2.24, 2.45) is 52.3 Å². The van der Waals surface area contributed by atoms with Crippen LogP contribution in [0, 0.1) is 52.3 Å². The Kier molecular flexibility index (Phi) is 7.64. The maximum absolute atomic E-state index is 11.8. The van der Waals surface area contributed by atoms with Crippen molar-refractivity contribution in [3.63, 3.8) is 0 Å². The average Bonchev–Trinajstić information content (AvgIpc) is 3.41. The maximum atomic E-state index is 11.8. The van der Waals surface area contributed by atoms with E-state index in [1.165, 1.54) is 12.8 Å². The molecule has 4 aliphatic carbocycles. The predicted molar refractivity (Wildman–Crippen MR) is 152 cm³/mol. The largest absolute Gasteiger partial charge is 0.394 e. The fraction of sp³-hybridized carbons (Fsp3) is 1.00. The molecule has 18 atom stereocenters. The Morgan fingerprint density at radius 3 is 2.36 bits per heavy atom. The van der Waals surface area contributed by atoms with Crippen LogP contribution in [0.15, 0.2) is 0 Å². The summed E-state index contributed by atoms with van der Waals surface area (Å²) in [7, 11) is 0. The molecule has 0 aromatic heterocycles. The number of fused-ring (bicyclic) bond motifs is 7. The van der Waals surface area contributed by atoms with Crippen molar-refractivity contribution in [2.75, 3.05) is 13.2 Å². The number of aliphatic hydroxyl groups excluding tert-OH is 5. The maximum Gasteiger partial charge on any atom is 0.186 e. The van der Waals surface area contributed by atoms with E-state index < -0.39 is 49.2 Å². The third-order valence-electron chi connectivity index (χ3n) is 14.2. The van der Waals surface area contributed by atoms with Gasteiger partial charge in [0.05, 0.1) is 31.5 Å². The van der Waals surface area contributed by atoms with Crippen LogP contribution in [0.2, 0.25) is 0 Å². The van der Waals surface area contributed by atoms with Crippen molar-refractivity contribution in [3.8, 4) is 0 Å². The molecule has 0 radical (unpaired) electrons. The monoisotopic (exact) mass is 594 g/mol. The molecule has 0 aromatic rings. The van der Waals surface area contributed by atoms with E-state index in [1.54, 1.807) is 0 Å². The topological polar surface area (TPSA) is 138 Å². The van der Waals surface area contributed by atoms with E-state index in [2.05, 4.69) is 27.7 Å². The van der Waals surface area contributed by atoms with Crippen LogP contribution in [0.1, 0.15) is 85.5 Å². The van der Waals surface area contributed by atoms with Crippen molar-refractivity contribution >= 4 is 0 Å². The van der Waals surface area contributed by atoms with Crippen molar-refractivity contribution in [3.05, 3.63) is 0 Å². The summed E-state index contributed by atoms with van der Waals surface area (Å²) in [5.74, 6) is 3.04. The van der Waals surface area contributed by atoms with Gasteiger partial charge in [0.25, 0.3) is 0 Å². The molecule has 0 amide bonds. The first kappa shape index (κ1) is 30.3. The molecular weight excluding hydrogens is 540 g/mol. The van der Waals surface area contributed by atoms with Gasteiger partial charge in [0.2, 0.25) is 0 Å². The molecule has 0 aromatic carbocycles. The molecule has 9 nitrogen and oxygen atoms in total. The highest BCUT2D eigenvalue weighted by atomic mass is 16.7. The number of hydrogen-bond acceptors (Lipinski definition) is 9. The summed E-state index contributed by atoms with van der Waals surface area (Å²) in [6.45, 7) is 9.82. The highest BCUT2D eigenvalue weighted by molar-refractivity contribution is 5.16. The summed E-state index contributed by atoms with van der Waals surface area (Å²) in [4.78, 5) is 0. The lowest BCUT2D eigenvalue weighted by atomic mass is 9.43. The van der Waals surface area contributed by atoms with Crippen LogP contribution in [-0.2, 0) is 18.9 Å². The summed E-state index contributed by atoms with van der Waals surface area (Å²) in [6, 6.07) is 0. The molecule has 9 heteroatoms. The highest BCUT2D eigenvalue weighted by Gasteiger charge is 2.70. The van der Waals surface area contributed by atoms with Crippen LogP contribution in [0.5, 0.6) is 0 Å². The standard InChI is InChI=1S/C33H54O9/c1-16-7-10-33(39-15-16)17(2)26-23(42-33)13-22-20-6-5-18-11-19(40-30-29(38)28(37)27(36)24(14-34)41-30)12-25(35)32(18,4)21(20)8-9-31(22,26)3/h16-30,34-38H,5-15H2,1-4H3/t16-,17-,18?,19+,20+,21-,22-,23-,24+,25+,26-,27+,28-,29+,30+,31-,32-,33+/m0/s1. The molecule has 1 unspecified atom stereocenters. The average molecular weight is 595 g/mol. The van der Waals surface area contributed by atoms with Gasteiger partial charge in [-0.1, -0.05) is 27.7 Å². The normalized spacial score (nSPS) is 60.9. The van der Waals surface area contributed by atoms with Crippen molar-refractivity contribution in [1.82, 2.24) is 0 Å². The number of hydrogen-bond donors (Lipinski definition) is 5. The zero-order chi connectivity index (χ0) is 29.8.